The van der Waals surface area contributed by atoms with Crippen LogP contribution >= 0.6 is 0 Å². The molecule has 0 atom stereocenters. The lowest BCUT2D eigenvalue weighted by Crippen LogP contribution is -2.14. The zero-order chi connectivity index (χ0) is 18.9. The number of fused-ring (bicyclic) bond motifs is 3. The number of hydrogen-bond acceptors (Lipinski definition) is 2. The lowest BCUT2D eigenvalue weighted by Gasteiger charge is -2.12. The van der Waals surface area contributed by atoms with Gasteiger partial charge in [0.1, 0.15) is 5.84 Å². The molecule has 28 heavy (non-hydrogen) atoms. The van der Waals surface area contributed by atoms with Crippen LogP contribution in [0.1, 0.15) is 11.1 Å². The SMILES string of the molecule is NC(=Nc1cccc2ccccc12)C1=Cc2ccccc2Nc2ccccc21. The van der Waals surface area contributed by atoms with Gasteiger partial charge in [-0.15, -0.1) is 0 Å². The summed E-state index contributed by atoms with van der Waals surface area (Å²) in [4.78, 5) is 4.82. The number of rotatable bonds is 2. The Balaban J connectivity index is 1.70. The Kier molecular flexibility index (Phi) is 3.91. The van der Waals surface area contributed by atoms with E-state index in [0.717, 1.165) is 44.5 Å². The molecule has 0 fully saturated rings. The lowest BCUT2D eigenvalue weighted by molar-refractivity contribution is 1.50. The van der Waals surface area contributed by atoms with Gasteiger partial charge in [0, 0.05) is 27.9 Å². The Morgan fingerprint density at radius 2 is 1.43 bits per heavy atom. The molecule has 3 N–H and O–H groups in total. The highest BCUT2D eigenvalue weighted by molar-refractivity contribution is 6.29. The fraction of sp³-hybridized carbons (Fsp3) is 0. The smallest absolute Gasteiger partial charge is 0.132 e. The number of hydrogen-bond donors (Lipinski definition) is 2. The van der Waals surface area contributed by atoms with E-state index < -0.39 is 0 Å². The second-order valence-corrected chi connectivity index (χ2v) is 6.81. The summed E-state index contributed by atoms with van der Waals surface area (Å²) in [5.41, 5.74) is 12.6. The first kappa shape index (κ1) is 16.3. The summed E-state index contributed by atoms with van der Waals surface area (Å²) in [6, 6.07) is 30.7. The number of benzene rings is 4. The number of anilines is 2. The van der Waals surface area contributed by atoms with Gasteiger partial charge in [0.25, 0.3) is 0 Å². The number of nitrogens with one attached hydrogen (secondary N) is 1. The largest absolute Gasteiger partial charge is 0.383 e. The van der Waals surface area contributed by atoms with E-state index >= 15 is 0 Å². The summed E-state index contributed by atoms with van der Waals surface area (Å²) >= 11 is 0. The molecule has 0 aliphatic carbocycles. The highest BCUT2D eigenvalue weighted by atomic mass is 14.9. The minimum Gasteiger partial charge on any atom is -0.383 e. The van der Waals surface area contributed by atoms with Crippen molar-refractivity contribution in [3.05, 3.63) is 102 Å². The van der Waals surface area contributed by atoms with Crippen molar-refractivity contribution in [1.29, 1.82) is 0 Å². The molecule has 0 bridgehead atoms. The Labute approximate surface area is 163 Å². The molecule has 0 radical (unpaired) electrons. The van der Waals surface area contributed by atoms with Crippen LogP contribution in [-0.2, 0) is 0 Å². The molecule has 0 saturated heterocycles. The second kappa shape index (κ2) is 6.71. The normalized spacial score (nSPS) is 13.1. The lowest BCUT2D eigenvalue weighted by atomic mass is 10.0. The molecule has 0 unspecified atom stereocenters. The predicted octanol–water partition coefficient (Wildman–Crippen LogP) is 6.13. The molecule has 1 aliphatic rings. The average Bonchev–Trinajstić information content (AvgIpc) is 2.91. The molecule has 4 aromatic rings. The van der Waals surface area contributed by atoms with Gasteiger partial charge < -0.3 is 11.1 Å². The summed E-state index contributed by atoms with van der Waals surface area (Å²) in [7, 11) is 0. The quantitative estimate of drug-likeness (QED) is 0.333. The maximum Gasteiger partial charge on any atom is 0.132 e. The summed E-state index contributed by atoms with van der Waals surface area (Å²) in [5.74, 6) is 0.502. The van der Waals surface area contributed by atoms with Crippen molar-refractivity contribution in [2.75, 3.05) is 5.32 Å². The molecule has 0 saturated carbocycles. The molecule has 0 amide bonds. The molecule has 3 nitrogen and oxygen atoms in total. The van der Waals surface area contributed by atoms with Gasteiger partial charge in [-0.1, -0.05) is 72.8 Å². The first-order chi connectivity index (χ1) is 13.8. The maximum atomic E-state index is 6.57. The molecule has 134 valence electrons. The van der Waals surface area contributed by atoms with Gasteiger partial charge in [-0.25, -0.2) is 4.99 Å². The van der Waals surface area contributed by atoms with Crippen molar-refractivity contribution >= 4 is 45.3 Å². The Hall–Kier alpha value is -3.85. The first-order valence-electron chi connectivity index (χ1n) is 9.29. The van der Waals surface area contributed by atoms with Crippen molar-refractivity contribution in [2.24, 2.45) is 10.7 Å². The van der Waals surface area contributed by atoms with Crippen molar-refractivity contribution in [2.45, 2.75) is 0 Å². The maximum absolute atomic E-state index is 6.57. The van der Waals surface area contributed by atoms with E-state index in [9.17, 15) is 0 Å². The highest BCUT2D eigenvalue weighted by Gasteiger charge is 2.17. The van der Waals surface area contributed by atoms with Crippen molar-refractivity contribution < 1.29 is 0 Å². The van der Waals surface area contributed by atoms with Crippen LogP contribution in [-0.4, -0.2) is 5.84 Å². The van der Waals surface area contributed by atoms with Crippen molar-refractivity contribution in [1.82, 2.24) is 0 Å². The zero-order valence-electron chi connectivity index (χ0n) is 15.3. The van der Waals surface area contributed by atoms with E-state index in [2.05, 4.69) is 53.9 Å². The average molecular weight is 361 g/mol. The van der Waals surface area contributed by atoms with E-state index in [4.69, 9.17) is 10.7 Å². The molecular weight excluding hydrogens is 342 g/mol. The number of amidine groups is 1. The first-order valence-corrected chi connectivity index (χ1v) is 9.29. The fourth-order valence-electron chi connectivity index (χ4n) is 3.65. The molecule has 1 heterocycles. The predicted molar refractivity (Wildman–Crippen MR) is 119 cm³/mol. The summed E-state index contributed by atoms with van der Waals surface area (Å²) < 4.78 is 0. The molecule has 1 aliphatic heterocycles. The van der Waals surface area contributed by atoms with Crippen LogP contribution in [0.25, 0.3) is 22.4 Å². The summed E-state index contributed by atoms with van der Waals surface area (Å²) in [6.45, 7) is 0. The Morgan fingerprint density at radius 1 is 0.714 bits per heavy atom. The monoisotopic (exact) mass is 361 g/mol. The molecule has 5 rings (SSSR count). The summed E-state index contributed by atoms with van der Waals surface area (Å²) in [5, 5.41) is 5.76. The minimum absolute atomic E-state index is 0.502. The van der Waals surface area contributed by atoms with E-state index in [1.165, 1.54) is 0 Å². The fourth-order valence-corrected chi connectivity index (χ4v) is 3.65. The third-order valence-corrected chi connectivity index (χ3v) is 5.03. The van der Waals surface area contributed by atoms with Gasteiger partial charge in [-0.3, -0.25) is 0 Å². The van der Waals surface area contributed by atoms with E-state index in [0.29, 0.717) is 5.84 Å². The molecule has 3 heteroatoms. The van der Waals surface area contributed by atoms with Crippen LogP contribution in [0.5, 0.6) is 0 Å². The standard InChI is InChI=1S/C25H19N3/c26-25(28-23-15-7-10-17-8-1-3-11-19(17)23)21-16-18-9-2-5-13-22(18)27-24-14-6-4-12-20(21)24/h1-16,27H,(H2,26,28). The Bertz CT molecular complexity index is 1250. The zero-order valence-corrected chi connectivity index (χ0v) is 15.3. The van der Waals surface area contributed by atoms with Crippen molar-refractivity contribution in [3.8, 4) is 0 Å². The van der Waals surface area contributed by atoms with Crippen LogP contribution in [0.15, 0.2) is 96.0 Å². The second-order valence-electron chi connectivity index (χ2n) is 6.81. The van der Waals surface area contributed by atoms with Gasteiger partial charge in [-0.05, 0) is 35.2 Å². The number of nitrogens with two attached hydrogens (primary N) is 1. The van der Waals surface area contributed by atoms with E-state index in [1.807, 2.05) is 48.5 Å². The van der Waals surface area contributed by atoms with Crippen LogP contribution in [0.2, 0.25) is 0 Å². The van der Waals surface area contributed by atoms with Crippen molar-refractivity contribution in [3.63, 3.8) is 0 Å². The summed E-state index contributed by atoms with van der Waals surface area (Å²) in [6.07, 6.45) is 2.11. The van der Waals surface area contributed by atoms with Crippen LogP contribution in [0.3, 0.4) is 0 Å². The number of para-hydroxylation sites is 2. The van der Waals surface area contributed by atoms with Gasteiger partial charge in [0.05, 0.1) is 5.69 Å². The number of aliphatic imine (C=N–C) groups is 1. The third-order valence-electron chi connectivity index (χ3n) is 5.03. The van der Waals surface area contributed by atoms with Gasteiger partial charge >= 0.3 is 0 Å². The van der Waals surface area contributed by atoms with Gasteiger partial charge in [0.2, 0.25) is 0 Å². The van der Waals surface area contributed by atoms with E-state index in [1.54, 1.807) is 0 Å². The van der Waals surface area contributed by atoms with Gasteiger partial charge in [0.15, 0.2) is 0 Å². The van der Waals surface area contributed by atoms with Crippen LogP contribution in [0, 0.1) is 0 Å². The molecular formula is C25H19N3. The highest BCUT2D eigenvalue weighted by Crippen LogP contribution is 2.35. The van der Waals surface area contributed by atoms with E-state index in [-0.39, 0.29) is 0 Å². The molecule has 4 aromatic carbocycles. The Morgan fingerprint density at radius 3 is 2.36 bits per heavy atom. The molecule has 0 aromatic heterocycles. The van der Waals surface area contributed by atoms with Crippen LogP contribution in [0.4, 0.5) is 17.1 Å². The van der Waals surface area contributed by atoms with Gasteiger partial charge in [-0.2, -0.15) is 0 Å². The topological polar surface area (TPSA) is 50.4 Å². The molecule has 0 spiro atoms. The van der Waals surface area contributed by atoms with Crippen LogP contribution < -0.4 is 11.1 Å². The number of nitrogens with zero attached hydrogens (tertiary/aromatic N) is 1. The third kappa shape index (κ3) is 2.83. The minimum atomic E-state index is 0.502.